The molecule has 7 nitrogen and oxygen atoms in total. The van der Waals surface area contributed by atoms with Crippen molar-refractivity contribution in [3.8, 4) is 0 Å². The van der Waals surface area contributed by atoms with E-state index < -0.39 is 0 Å². The van der Waals surface area contributed by atoms with E-state index in [1.54, 1.807) is 7.11 Å². The molecular weight excluding hydrogens is 242 g/mol. The van der Waals surface area contributed by atoms with Gasteiger partial charge < -0.3 is 23.7 Å². The van der Waals surface area contributed by atoms with Gasteiger partial charge in [0.15, 0.2) is 0 Å². The number of nitrogens with two attached hydrogens (primary N) is 1. The molecule has 0 aromatic rings. The molecule has 0 aliphatic carbocycles. The molecule has 18 heavy (non-hydrogen) atoms. The van der Waals surface area contributed by atoms with E-state index in [2.05, 4.69) is 4.74 Å². The molecule has 2 N–H and O–H groups in total. The van der Waals surface area contributed by atoms with Crippen molar-refractivity contribution in [3.63, 3.8) is 0 Å². The second-order valence-corrected chi connectivity index (χ2v) is 3.26. The molecule has 108 valence electrons. The van der Waals surface area contributed by atoms with E-state index >= 15 is 0 Å². The average Bonchev–Trinajstić information content (AvgIpc) is 2.36. The highest BCUT2D eigenvalue weighted by atomic mass is 16.6. The smallest absolute Gasteiger partial charge is 0.309 e. The van der Waals surface area contributed by atoms with Crippen molar-refractivity contribution < 1.29 is 28.5 Å². The van der Waals surface area contributed by atoms with Gasteiger partial charge in [0.25, 0.3) is 0 Å². The lowest BCUT2D eigenvalue weighted by Gasteiger charge is -2.06. The lowest BCUT2D eigenvalue weighted by Crippen LogP contribution is -2.15. The summed E-state index contributed by atoms with van der Waals surface area (Å²) in [6, 6.07) is 0. The van der Waals surface area contributed by atoms with Gasteiger partial charge in [-0.25, -0.2) is 0 Å². The second-order valence-electron chi connectivity index (χ2n) is 3.26. The highest BCUT2D eigenvalue weighted by molar-refractivity contribution is 5.69. The minimum absolute atomic E-state index is 0.0922. The van der Waals surface area contributed by atoms with Crippen molar-refractivity contribution in [2.45, 2.75) is 6.42 Å². The molecule has 0 amide bonds. The molecule has 0 radical (unpaired) electrons. The zero-order valence-corrected chi connectivity index (χ0v) is 10.9. The number of hydrogen-bond acceptors (Lipinski definition) is 7. The summed E-state index contributed by atoms with van der Waals surface area (Å²) < 4.78 is 25.0. The molecule has 0 spiro atoms. The summed E-state index contributed by atoms with van der Waals surface area (Å²) in [5, 5.41) is 0. The molecule has 0 aliphatic heterocycles. The van der Waals surface area contributed by atoms with Gasteiger partial charge in [0.05, 0.1) is 52.7 Å². The first-order valence-corrected chi connectivity index (χ1v) is 5.89. The Hall–Kier alpha value is -0.730. The van der Waals surface area contributed by atoms with Crippen molar-refractivity contribution in [2.24, 2.45) is 5.73 Å². The van der Waals surface area contributed by atoms with Gasteiger partial charge in [-0.1, -0.05) is 0 Å². The number of ether oxygens (including phenoxy) is 5. The first-order valence-electron chi connectivity index (χ1n) is 5.89. The highest BCUT2D eigenvalue weighted by Gasteiger charge is 2.00. The fraction of sp³-hybridized carbons (Fsp3) is 0.909. The lowest BCUT2D eigenvalue weighted by atomic mass is 10.5. The van der Waals surface area contributed by atoms with E-state index in [9.17, 15) is 4.79 Å². The minimum Gasteiger partial charge on any atom is -0.450 e. The molecular formula is C11H23NO6. The molecule has 0 unspecified atom stereocenters. The van der Waals surface area contributed by atoms with Gasteiger partial charge >= 0.3 is 5.97 Å². The van der Waals surface area contributed by atoms with Crippen LogP contribution in [0.2, 0.25) is 0 Å². The van der Waals surface area contributed by atoms with E-state index in [1.165, 1.54) is 0 Å². The molecule has 0 fully saturated rings. The van der Waals surface area contributed by atoms with Crippen LogP contribution in [0.5, 0.6) is 0 Å². The van der Waals surface area contributed by atoms with Gasteiger partial charge in [0, 0.05) is 7.11 Å². The summed E-state index contributed by atoms with van der Waals surface area (Å²) in [6.07, 6.45) is 0.206. The average molecular weight is 265 g/mol. The monoisotopic (exact) mass is 265 g/mol. The Morgan fingerprint density at radius 1 is 0.889 bits per heavy atom. The first kappa shape index (κ1) is 17.3. The summed E-state index contributed by atoms with van der Waals surface area (Å²) >= 11 is 0. The van der Waals surface area contributed by atoms with Crippen molar-refractivity contribution >= 4 is 5.97 Å². The van der Waals surface area contributed by atoms with Crippen LogP contribution < -0.4 is 5.73 Å². The molecule has 0 aliphatic rings. The van der Waals surface area contributed by atoms with Crippen LogP contribution in [-0.4, -0.2) is 66.1 Å². The number of hydrogen-bond donors (Lipinski definition) is 1. The van der Waals surface area contributed by atoms with Crippen LogP contribution >= 0.6 is 0 Å². The number of rotatable bonds is 13. The Kier molecular flexibility index (Phi) is 13.8. The predicted molar refractivity (Wildman–Crippen MR) is 64.1 cm³/mol. The lowest BCUT2D eigenvalue weighted by molar-refractivity contribution is -0.144. The standard InChI is InChI=1S/C11H23NO6/c1-14-4-5-16-8-9-17-7-6-15-3-2-11(13)18-10-12/h2-10,12H2,1H3. The third kappa shape index (κ3) is 13.3. The van der Waals surface area contributed by atoms with Crippen LogP contribution in [0, 0.1) is 0 Å². The highest BCUT2D eigenvalue weighted by Crippen LogP contribution is 1.87. The molecule has 0 bridgehead atoms. The van der Waals surface area contributed by atoms with Crippen LogP contribution in [0.15, 0.2) is 0 Å². The maximum absolute atomic E-state index is 10.9. The summed E-state index contributed by atoms with van der Waals surface area (Å²) in [7, 11) is 1.63. The van der Waals surface area contributed by atoms with E-state index in [4.69, 9.17) is 24.7 Å². The van der Waals surface area contributed by atoms with Gasteiger partial charge in [-0.15, -0.1) is 0 Å². The number of carbonyl (C=O) groups excluding carboxylic acids is 1. The Morgan fingerprint density at radius 3 is 1.89 bits per heavy atom. The van der Waals surface area contributed by atoms with Gasteiger partial charge in [0.2, 0.25) is 0 Å². The predicted octanol–water partition coefficient (Wildman–Crippen LogP) is -0.468. The van der Waals surface area contributed by atoms with Crippen LogP contribution in [0.3, 0.4) is 0 Å². The summed E-state index contributed by atoms with van der Waals surface area (Å²) in [5.74, 6) is -0.357. The molecule has 0 aromatic carbocycles. The zero-order valence-electron chi connectivity index (χ0n) is 10.9. The molecule has 0 heterocycles. The van der Waals surface area contributed by atoms with Crippen LogP contribution in [0.1, 0.15) is 6.42 Å². The number of carbonyl (C=O) groups is 1. The minimum atomic E-state index is -0.357. The maximum Gasteiger partial charge on any atom is 0.309 e. The Morgan fingerprint density at radius 2 is 1.39 bits per heavy atom. The number of methoxy groups -OCH3 is 1. The van der Waals surface area contributed by atoms with Gasteiger partial charge in [-0.3, -0.25) is 10.5 Å². The summed E-state index contributed by atoms with van der Waals surface area (Å²) in [5.41, 5.74) is 5.03. The van der Waals surface area contributed by atoms with E-state index in [-0.39, 0.29) is 19.1 Å². The van der Waals surface area contributed by atoms with Gasteiger partial charge in [-0.05, 0) is 0 Å². The summed E-state index contributed by atoms with van der Waals surface area (Å²) in [4.78, 5) is 10.9. The molecule has 0 aromatic heterocycles. The molecule has 0 saturated heterocycles. The normalized spacial score (nSPS) is 10.6. The topological polar surface area (TPSA) is 89.2 Å². The van der Waals surface area contributed by atoms with E-state index in [1.807, 2.05) is 0 Å². The fourth-order valence-corrected chi connectivity index (χ4v) is 1.00. The Labute approximate surface area is 107 Å². The Balaban J connectivity index is 3.01. The van der Waals surface area contributed by atoms with E-state index in [0.29, 0.717) is 46.2 Å². The maximum atomic E-state index is 10.9. The van der Waals surface area contributed by atoms with Crippen molar-refractivity contribution in [3.05, 3.63) is 0 Å². The van der Waals surface area contributed by atoms with E-state index in [0.717, 1.165) is 0 Å². The quantitative estimate of drug-likeness (QED) is 0.273. The van der Waals surface area contributed by atoms with Crippen LogP contribution in [0.25, 0.3) is 0 Å². The van der Waals surface area contributed by atoms with Gasteiger partial charge in [-0.2, -0.15) is 0 Å². The van der Waals surface area contributed by atoms with Crippen molar-refractivity contribution in [2.75, 3.05) is 60.1 Å². The zero-order chi connectivity index (χ0) is 13.5. The largest absolute Gasteiger partial charge is 0.450 e. The SMILES string of the molecule is COCCOCCOCCOCCC(=O)OCN. The first-order chi connectivity index (χ1) is 8.81. The van der Waals surface area contributed by atoms with Crippen molar-refractivity contribution in [1.82, 2.24) is 0 Å². The molecule has 0 atom stereocenters. The second kappa shape index (κ2) is 14.3. The summed E-state index contributed by atoms with van der Waals surface area (Å²) in [6.45, 7) is 3.33. The fourth-order valence-electron chi connectivity index (χ4n) is 1.00. The van der Waals surface area contributed by atoms with Crippen LogP contribution in [-0.2, 0) is 28.5 Å². The third-order valence-electron chi connectivity index (χ3n) is 1.87. The molecule has 0 saturated carbocycles. The third-order valence-corrected chi connectivity index (χ3v) is 1.87. The van der Waals surface area contributed by atoms with Crippen LogP contribution in [0.4, 0.5) is 0 Å². The molecule has 7 heteroatoms. The van der Waals surface area contributed by atoms with Crippen molar-refractivity contribution in [1.29, 1.82) is 0 Å². The molecule has 0 rings (SSSR count). The Bertz CT molecular complexity index is 190. The number of esters is 1. The van der Waals surface area contributed by atoms with Gasteiger partial charge in [0.1, 0.15) is 6.73 Å².